The monoisotopic (exact) mass is 210 g/mol. The lowest BCUT2D eigenvalue weighted by molar-refractivity contribution is -0.119. The van der Waals surface area contributed by atoms with Gasteiger partial charge in [-0.05, 0) is 12.8 Å². The Bertz CT molecular complexity index is 210. The van der Waals surface area contributed by atoms with Crippen molar-refractivity contribution in [1.82, 2.24) is 10.6 Å². The molecule has 2 N–H and O–H groups in total. The zero-order valence-electron chi connectivity index (χ0n) is 9.43. The van der Waals surface area contributed by atoms with Crippen LogP contribution in [0.15, 0.2) is 0 Å². The lowest BCUT2D eigenvalue weighted by Crippen LogP contribution is -2.39. The van der Waals surface area contributed by atoms with Gasteiger partial charge in [-0.2, -0.15) is 0 Å². The number of amides is 1. The van der Waals surface area contributed by atoms with Gasteiger partial charge in [0, 0.05) is 25.0 Å². The molecule has 86 valence electrons. The van der Waals surface area contributed by atoms with Gasteiger partial charge in [-0.1, -0.05) is 32.1 Å². The smallest absolute Gasteiger partial charge is 0.221 e. The van der Waals surface area contributed by atoms with E-state index in [-0.39, 0.29) is 5.91 Å². The average molecular weight is 210 g/mol. The summed E-state index contributed by atoms with van der Waals surface area (Å²) < 4.78 is 0. The average Bonchev–Trinajstić information content (AvgIpc) is 2.56. The summed E-state index contributed by atoms with van der Waals surface area (Å²) in [6.45, 7) is 0.829. The first kappa shape index (κ1) is 10.9. The second-order valence-electron chi connectivity index (χ2n) is 4.91. The number of rotatable bonds is 2. The van der Waals surface area contributed by atoms with Crippen LogP contribution >= 0.6 is 0 Å². The minimum atomic E-state index is 0.207. The van der Waals surface area contributed by atoms with Gasteiger partial charge in [0.05, 0.1) is 0 Å². The predicted octanol–water partition coefficient (Wildman–Crippen LogP) is 1.58. The van der Waals surface area contributed by atoms with E-state index in [0.717, 1.165) is 6.54 Å². The maximum atomic E-state index is 11.1. The van der Waals surface area contributed by atoms with E-state index in [2.05, 4.69) is 10.6 Å². The molecule has 0 aromatic rings. The molecule has 1 saturated heterocycles. The Hall–Kier alpha value is -0.570. The van der Waals surface area contributed by atoms with Crippen LogP contribution in [0.25, 0.3) is 0 Å². The number of hydrogen-bond donors (Lipinski definition) is 2. The number of hydrogen-bond acceptors (Lipinski definition) is 2. The highest BCUT2D eigenvalue weighted by molar-refractivity contribution is 5.78. The molecule has 0 radical (unpaired) electrons. The van der Waals surface area contributed by atoms with Crippen molar-refractivity contribution in [2.45, 2.75) is 63.5 Å². The number of nitrogens with one attached hydrogen (secondary N) is 2. The Kier molecular flexibility index (Phi) is 4.01. The number of carbonyl (C=O) groups is 1. The highest BCUT2D eigenvalue weighted by Crippen LogP contribution is 2.18. The third kappa shape index (κ3) is 3.49. The maximum absolute atomic E-state index is 11.1. The van der Waals surface area contributed by atoms with Gasteiger partial charge in [0.25, 0.3) is 0 Å². The molecule has 0 aromatic carbocycles. The number of carbonyl (C=O) groups excluding carboxylic acids is 1. The van der Waals surface area contributed by atoms with Crippen molar-refractivity contribution < 1.29 is 4.79 Å². The van der Waals surface area contributed by atoms with E-state index in [1.165, 1.54) is 44.9 Å². The van der Waals surface area contributed by atoms with Gasteiger partial charge in [0.15, 0.2) is 0 Å². The molecule has 2 aliphatic rings. The third-order valence-electron chi connectivity index (χ3n) is 3.55. The van der Waals surface area contributed by atoms with Crippen LogP contribution in [0.4, 0.5) is 0 Å². The van der Waals surface area contributed by atoms with Crippen molar-refractivity contribution in [1.29, 1.82) is 0 Å². The molecule has 3 heteroatoms. The predicted molar refractivity (Wildman–Crippen MR) is 60.7 cm³/mol. The topological polar surface area (TPSA) is 41.1 Å². The SMILES string of the molecule is O=C1CC(NC2CCCCCCC2)CN1. The van der Waals surface area contributed by atoms with Crippen LogP contribution in [0.5, 0.6) is 0 Å². The van der Waals surface area contributed by atoms with Crippen LogP contribution in [-0.4, -0.2) is 24.5 Å². The molecule has 15 heavy (non-hydrogen) atoms. The van der Waals surface area contributed by atoms with E-state index in [1.54, 1.807) is 0 Å². The molecular formula is C12H22N2O. The van der Waals surface area contributed by atoms with E-state index in [1.807, 2.05) is 0 Å². The van der Waals surface area contributed by atoms with E-state index < -0.39 is 0 Å². The normalized spacial score (nSPS) is 29.6. The van der Waals surface area contributed by atoms with Crippen LogP contribution in [0.1, 0.15) is 51.4 Å². The van der Waals surface area contributed by atoms with E-state index >= 15 is 0 Å². The van der Waals surface area contributed by atoms with Gasteiger partial charge >= 0.3 is 0 Å². The van der Waals surface area contributed by atoms with Crippen molar-refractivity contribution in [2.24, 2.45) is 0 Å². The van der Waals surface area contributed by atoms with Gasteiger partial charge < -0.3 is 10.6 Å². The van der Waals surface area contributed by atoms with Crippen molar-refractivity contribution in [2.75, 3.05) is 6.54 Å². The van der Waals surface area contributed by atoms with Gasteiger partial charge in [-0.15, -0.1) is 0 Å². The fourth-order valence-corrected chi connectivity index (χ4v) is 2.68. The molecule has 1 amide bonds. The summed E-state index contributed by atoms with van der Waals surface area (Å²) >= 11 is 0. The summed E-state index contributed by atoms with van der Waals surface area (Å²) in [7, 11) is 0. The van der Waals surface area contributed by atoms with Gasteiger partial charge in [0.2, 0.25) is 5.91 Å². The fourth-order valence-electron chi connectivity index (χ4n) is 2.68. The van der Waals surface area contributed by atoms with E-state index in [4.69, 9.17) is 0 Å². The van der Waals surface area contributed by atoms with E-state index in [9.17, 15) is 4.79 Å². The Labute approximate surface area is 92.0 Å². The molecule has 1 aliphatic carbocycles. The lowest BCUT2D eigenvalue weighted by Gasteiger charge is -2.23. The molecule has 1 aliphatic heterocycles. The van der Waals surface area contributed by atoms with Gasteiger partial charge in [-0.25, -0.2) is 0 Å². The van der Waals surface area contributed by atoms with Crippen LogP contribution < -0.4 is 10.6 Å². The van der Waals surface area contributed by atoms with Crippen LogP contribution in [-0.2, 0) is 4.79 Å². The van der Waals surface area contributed by atoms with Crippen LogP contribution in [0, 0.1) is 0 Å². The Balaban J connectivity index is 1.74. The minimum absolute atomic E-state index is 0.207. The van der Waals surface area contributed by atoms with Crippen LogP contribution in [0.3, 0.4) is 0 Å². The second kappa shape index (κ2) is 5.50. The highest BCUT2D eigenvalue weighted by Gasteiger charge is 2.23. The van der Waals surface area contributed by atoms with E-state index in [0.29, 0.717) is 18.5 Å². The summed E-state index contributed by atoms with van der Waals surface area (Å²) in [6.07, 6.45) is 10.2. The zero-order chi connectivity index (χ0) is 10.5. The summed E-state index contributed by atoms with van der Waals surface area (Å²) in [5, 5.41) is 6.52. The molecule has 1 saturated carbocycles. The molecule has 1 atom stereocenters. The lowest BCUT2D eigenvalue weighted by atomic mass is 9.96. The van der Waals surface area contributed by atoms with Gasteiger partial charge in [-0.3, -0.25) is 4.79 Å². The van der Waals surface area contributed by atoms with Crippen molar-refractivity contribution in [3.05, 3.63) is 0 Å². The molecule has 3 nitrogen and oxygen atoms in total. The highest BCUT2D eigenvalue weighted by atomic mass is 16.1. The summed E-state index contributed by atoms with van der Waals surface area (Å²) in [5.74, 6) is 0.207. The molecule has 0 spiro atoms. The summed E-state index contributed by atoms with van der Waals surface area (Å²) in [5.41, 5.74) is 0. The van der Waals surface area contributed by atoms with Crippen LogP contribution in [0.2, 0.25) is 0 Å². The molecule has 2 fully saturated rings. The Morgan fingerprint density at radius 2 is 1.67 bits per heavy atom. The summed E-state index contributed by atoms with van der Waals surface area (Å²) in [4.78, 5) is 11.1. The summed E-state index contributed by atoms with van der Waals surface area (Å²) in [6, 6.07) is 1.05. The molecule has 0 aromatic heterocycles. The fraction of sp³-hybridized carbons (Fsp3) is 0.917. The minimum Gasteiger partial charge on any atom is -0.354 e. The molecule has 1 unspecified atom stereocenters. The standard InChI is InChI=1S/C12H22N2O/c15-12-8-11(9-13-12)14-10-6-4-2-1-3-5-7-10/h10-11,14H,1-9H2,(H,13,15). The quantitative estimate of drug-likeness (QED) is 0.726. The Morgan fingerprint density at radius 3 is 2.27 bits per heavy atom. The van der Waals surface area contributed by atoms with Gasteiger partial charge in [0.1, 0.15) is 0 Å². The molecular weight excluding hydrogens is 188 g/mol. The molecule has 0 bridgehead atoms. The first-order chi connectivity index (χ1) is 7.34. The maximum Gasteiger partial charge on any atom is 0.221 e. The van der Waals surface area contributed by atoms with Crippen molar-refractivity contribution in [3.8, 4) is 0 Å². The molecule has 1 heterocycles. The van der Waals surface area contributed by atoms with Crippen molar-refractivity contribution >= 4 is 5.91 Å². The largest absolute Gasteiger partial charge is 0.354 e. The van der Waals surface area contributed by atoms with Crippen molar-refractivity contribution in [3.63, 3.8) is 0 Å². The Morgan fingerprint density at radius 1 is 1.00 bits per heavy atom. The third-order valence-corrected chi connectivity index (χ3v) is 3.55. The first-order valence-electron chi connectivity index (χ1n) is 6.37. The zero-order valence-corrected chi connectivity index (χ0v) is 9.43. The molecule has 2 rings (SSSR count). The second-order valence-corrected chi connectivity index (χ2v) is 4.91. The first-order valence-corrected chi connectivity index (χ1v) is 6.37.